The van der Waals surface area contributed by atoms with Gasteiger partial charge in [0.1, 0.15) is 17.1 Å². The SMILES string of the molecule is CSc1nc2c(c(Nc3ccc(O)c(C(=O)O)c3)n1)CCC2.Cl. The minimum absolute atomic E-state index is 0. The number of nitrogens with zero attached hydrogens (tertiary/aromatic N) is 2. The molecule has 3 N–H and O–H groups in total. The van der Waals surface area contributed by atoms with Gasteiger partial charge >= 0.3 is 5.97 Å². The Labute approximate surface area is 143 Å². The molecule has 1 heterocycles. The van der Waals surface area contributed by atoms with Gasteiger partial charge in [0, 0.05) is 11.3 Å². The van der Waals surface area contributed by atoms with E-state index >= 15 is 0 Å². The number of aryl methyl sites for hydroxylation is 1. The topological polar surface area (TPSA) is 95.3 Å². The number of hydrogen-bond acceptors (Lipinski definition) is 6. The fourth-order valence-electron chi connectivity index (χ4n) is 2.53. The van der Waals surface area contributed by atoms with Gasteiger partial charge in [-0.2, -0.15) is 0 Å². The molecule has 0 radical (unpaired) electrons. The molecule has 1 aliphatic rings. The first-order valence-electron chi connectivity index (χ1n) is 6.85. The van der Waals surface area contributed by atoms with E-state index in [1.165, 1.54) is 23.9 Å². The Balaban J connectivity index is 0.00000192. The normalized spacial score (nSPS) is 12.4. The Morgan fingerprint density at radius 3 is 2.78 bits per heavy atom. The number of aromatic hydroxyl groups is 1. The fraction of sp³-hybridized carbons (Fsp3) is 0.267. The fourth-order valence-corrected chi connectivity index (χ4v) is 2.91. The quantitative estimate of drug-likeness (QED) is 0.441. The lowest BCUT2D eigenvalue weighted by Crippen LogP contribution is -2.04. The summed E-state index contributed by atoms with van der Waals surface area (Å²) in [6.45, 7) is 0. The Bertz CT molecular complexity index is 755. The minimum atomic E-state index is -1.17. The van der Waals surface area contributed by atoms with Crippen molar-refractivity contribution in [2.45, 2.75) is 24.4 Å². The van der Waals surface area contributed by atoms with Gasteiger partial charge in [-0.25, -0.2) is 14.8 Å². The highest BCUT2D eigenvalue weighted by Gasteiger charge is 2.20. The molecule has 0 saturated heterocycles. The van der Waals surface area contributed by atoms with Gasteiger partial charge in [-0.05, 0) is 43.7 Å². The van der Waals surface area contributed by atoms with Crippen LogP contribution < -0.4 is 5.32 Å². The molecule has 23 heavy (non-hydrogen) atoms. The summed E-state index contributed by atoms with van der Waals surface area (Å²) in [4.78, 5) is 20.1. The van der Waals surface area contributed by atoms with E-state index in [1.807, 2.05) is 6.26 Å². The van der Waals surface area contributed by atoms with Crippen LogP contribution in [-0.4, -0.2) is 32.4 Å². The molecule has 1 aromatic heterocycles. The molecule has 0 amide bonds. The summed E-state index contributed by atoms with van der Waals surface area (Å²) >= 11 is 1.47. The predicted molar refractivity (Wildman–Crippen MR) is 91.4 cm³/mol. The number of aromatic nitrogens is 2. The van der Waals surface area contributed by atoms with Crippen LogP contribution in [0.1, 0.15) is 28.0 Å². The third-order valence-corrected chi connectivity index (χ3v) is 4.13. The third-order valence-electron chi connectivity index (χ3n) is 3.58. The predicted octanol–water partition coefficient (Wildman–Crippen LogP) is 3.26. The van der Waals surface area contributed by atoms with Crippen LogP contribution in [0.15, 0.2) is 23.4 Å². The van der Waals surface area contributed by atoms with Crippen LogP contribution in [0.4, 0.5) is 11.5 Å². The van der Waals surface area contributed by atoms with Crippen molar-refractivity contribution in [3.8, 4) is 5.75 Å². The average Bonchev–Trinajstić information content (AvgIpc) is 2.97. The maximum atomic E-state index is 11.1. The molecule has 0 spiro atoms. The molecule has 3 rings (SSSR count). The van der Waals surface area contributed by atoms with Crippen molar-refractivity contribution < 1.29 is 15.0 Å². The number of anilines is 2. The maximum absolute atomic E-state index is 11.1. The second-order valence-corrected chi connectivity index (χ2v) is 5.77. The monoisotopic (exact) mass is 353 g/mol. The van der Waals surface area contributed by atoms with Gasteiger partial charge in [-0.15, -0.1) is 12.4 Å². The van der Waals surface area contributed by atoms with Gasteiger partial charge < -0.3 is 15.5 Å². The van der Waals surface area contributed by atoms with Crippen molar-refractivity contribution in [1.82, 2.24) is 9.97 Å². The summed E-state index contributed by atoms with van der Waals surface area (Å²) in [7, 11) is 0. The highest BCUT2D eigenvalue weighted by molar-refractivity contribution is 7.98. The van der Waals surface area contributed by atoms with E-state index in [0.717, 1.165) is 30.5 Å². The van der Waals surface area contributed by atoms with Gasteiger partial charge in [0.05, 0.1) is 5.69 Å². The van der Waals surface area contributed by atoms with Crippen molar-refractivity contribution in [3.63, 3.8) is 0 Å². The number of nitrogens with one attached hydrogen (secondary N) is 1. The lowest BCUT2D eigenvalue weighted by atomic mass is 10.1. The van der Waals surface area contributed by atoms with Crippen LogP contribution in [0, 0.1) is 0 Å². The number of carboxylic acid groups (broad SMARTS) is 1. The van der Waals surface area contributed by atoms with Crippen molar-refractivity contribution in [3.05, 3.63) is 35.0 Å². The van der Waals surface area contributed by atoms with E-state index in [-0.39, 0.29) is 23.7 Å². The number of rotatable bonds is 4. The molecular formula is C15H16ClN3O3S. The summed E-state index contributed by atoms with van der Waals surface area (Å²) in [5, 5.41) is 22.5. The van der Waals surface area contributed by atoms with E-state index in [9.17, 15) is 9.90 Å². The number of carbonyl (C=O) groups is 1. The van der Waals surface area contributed by atoms with Gasteiger partial charge in [0.25, 0.3) is 0 Å². The molecule has 0 aliphatic heterocycles. The van der Waals surface area contributed by atoms with E-state index in [4.69, 9.17) is 5.11 Å². The Morgan fingerprint density at radius 1 is 1.30 bits per heavy atom. The summed E-state index contributed by atoms with van der Waals surface area (Å²) < 4.78 is 0. The van der Waals surface area contributed by atoms with Crippen molar-refractivity contribution in [1.29, 1.82) is 0 Å². The molecular weight excluding hydrogens is 338 g/mol. The second kappa shape index (κ2) is 7.06. The zero-order valence-electron chi connectivity index (χ0n) is 12.4. The molecule has 6 nitrogen and oxygen atoms in total. The van der Waals surface area contributed by atoms with E-state index in [1.54, 1.807) is 6.07 Å². The van der Waals surface area contributed by atoms with Crippen LogP contribution >= 0.6 is 24.2 Å². The molecule has 0 atom stereocenters. The Hall–Kier alpha value is -1.99. The highest BCUT2D eigenvalue weighted by Crippen LogP contribution is 2.31. The first-order valence-corrected chi connectivity index (χ1v) is 8.08. The lowest BCUT2D eigenvalue weighted by Gasteiger charge is -2.12. The first kappa shape index (κ1) is 17.4. The van der Waals surface area contributed by atoms with Gasteiger partial charge in [-0.1, -0.05) is 11.8 Å². The van der Waals surface area contributed by atoms with Crippen LogP contribution in [0.3, 0.4) is 0 Å². The zero-order chi connectivity index (χ0) is 15.7. The number of aromatic carboxylic acids is 1. The number of fused-ring (bicyclic) bond motifs is 1. The molecule has 0 bridgehead atoms. The second-order valence-electron chi connectivity index (χ2n) is 5.00. The van der Waals surface area contributed by atoms with E-state index in [0.29, 0.717) is 16.7 Å². The molecule has 0 fully saturated rings. The number of hydrogen-bond donors (Lipinski definition) is 3. The van der Waals surface area contributed by atoms with Crippen molar-refractivity contribution in [2.24, 2.45) is 0 Å². The molecule has 2 aromatic rings. The molecule has 122 valence electrons. The molecule has 0 unspecified atom stereocenters. The number of phenols is 1. The number of thioether (sulfide) groups is 1. The summed E-state index contributed by atoms with van der Waals surface area (Å²) in [5.74, 6) is -0.705. The summed E-state index contributed by atoms with van der Waals surface area (Å²) in [6, 6.07) is 4.40. The van der Waals surface area contributed by atoms with Crippen LogP contribution in [0.5, 0.6) is 5.75 Å². The maximum Gasteiger partial charge on any atom is 0.339 e. The molecule has 8 heteroatoms. The Morgan fingerprint density at radius 2 is 2.09 bits per heavy atom. The number of benzene rings is 1. The lowest BCUT2D eigenvalue weighted by molar-refractivity contribution is 0.0694. The van der Waals surface area contributed by atoms with Crippen molar-refractivity contribution >= 4 is 41.6 Å². The smallest absolute Gasteiger partial charge is 0.339 e. The standard InChI is InChI=1S/C15H15N3O3S.ClH/c1-22-15-17-11-4-2-3-9(11)13(18-15)16-8-5-6-12(19)10(7-8)14(20)21;/h5-7,19H,2-4H2,1H3,(H,20,21)(H,16,17,18);1H. The van der Waals surface area contributed by atoms with Crippen molar-refractivity contribution in [2.75, 3.05) is 11.6 Å². The number of halogens is 1. The average molecular weight is 354 g/mol. The third kappa shape index (κ3) is 3.51. The Kier molecular flexibility index (Phi) is 5.33. The molecule has 1 aliphatic carbocycles. The van der Waals surface area contributed by atoms with Gasteiger partial charge in [0.2, 0.25) is 0 Å². The summed E-state index contributed by atoms with van der Waals surface area (Å²) in [6.07, 6.45) is 4.82. The highest BCUT2D eigenvalue weighted by atomic mass is 35.5. The van der Waals surface area contributed by atoms with Gasteiger partial charge in [0.15, 0.2) is 5.16 Å². The summed E-state index contributed by atoms with van der Waals surface area (Å²) in [5.41, 5.74) is 2.58. The van der Waals surface area contributed by atoms with Crippen LogP contribution in [0.2, 0.25) is 0 Å². The van der Waals surface area contributed by atoms with Gasteiger partial charge in [-0.3, -0.25) is 0 Å². The molecule has 1 aromatic carbocycles. The molecule has 0 saturated carbocycles. The largest absolute Gasteiger partial charge is 0.507 e. The van der Waals surface area contributed by atoms with Crippen LogP contribution in [-0.2, 0) is 12.8 Å². The van der Waals surface area contributed by atoms with Crippen LogP contribution in [0.25, 0.3) is 0 Å². The minimum Gasteiger partial charge on any atom is -0.507 e. The zero-order valence-corrected chi connectivity index (χ0v) is 14.0. The first-order chi connectivity index (χ1) is 10.6. The number of carboxylic acids is 1. The van der Waals surface area contributed by atoms with E-state index < -0.39 is 5.97 Å². The van der Waals surface area contributed by atoms with E-state index in [2.05, 4.69) is 15.3 Å².